The molecular formula is C26H23N2+. The highest BCUT2D eigenvalue weighted by Gasteiger charge is 2.25. The monoisotopic (exact) mass is 363 g/mol. The maximum Gasteiger partial charge on any atom is 0.224 e. The number of para-hydroxylation sites is 1. The van der Waals surface area contributed by atoms with E-state index in [4.69, 9.17) is 0 Å². The Hall–Kier alpha value is -3.13. The van der Waals surface area contributed by atoms with Crippen molar-refractivity contribution in [3.05, 3.63) is 70.9 Å². The van der Waals surface area contributed by atoms with Crippen LogP contribution in [0, 0.1) is 27.7 Å². The van der Waals surface area contributed by atoms with Gasteiger partial charge in [0.1, 0.15) is 7.05 Å². The first-order valence-corrected chi connectivity index (χ1v) is 9.95. The van der Waals surface area contributed by atoms with Gasteiger partial charge in [0.15, 0.2) is 6.20 Å². The first-order valence-electron chi connectivity index (χ1n) is 9.95. The van der Waals surface area contributed by atoms with E-state index in [2.05, 4.69) is 92.4 Å². The molecule has 0 bridgehead atoms. The molecule has 0 N–H and O–H groups in total. The van der Waals surface area contributed by atoms with Gasteiger partial charge in [-0.1, -0.05) is 36.4 Å². The zero-order valence-corrected chi connectivity index (χ0v) is 17.0. The quantitative estimate of drug-likeness (QED) is 0.176. The van der Waals surface area contributed by atoms with Gasteiger partial charge in [-0.25, -0.2) is 4.57 Å². The number of rotatable bonds is 0. The summed E-state index contributed by atoms with van der Waals surface area (Å²) >= 11 is 0. The molecule has 0 saturated heterocycles. The molecule has 2 nitrogen and oxygen atoms in total. The molecule has 0 unspecified atom stereocenters. The third-order valence-electron chi connectivity index (χ3n) is 6.72. The van der Waals surface area contributed by atoms with Gasteiger partial charge in [-0.2, -0.15) is 0 Å². The van der Waals surface area contributed by atoms with Crippen molar-refractivity contribution in [2.75, 3.05) is 0 Å². The Bertz CT molecular complexity index is 1600. The number of nitrogens with zero attached hydrogens (tertiary/aromatic N) is 2. The van der Waals surface area contributed by atoms with Crippen molar-refractivity contribution in [3.8, 4) is 0 Å². The Morgan fingerprint density at radius 2 is 1.50 bits per heavy atom. The Balaban J connectivity index is 2.19. The Morgan fingerprint density at radius 1 is 0.714 bits per heavy atom. The van der Waals surface area contributed by atoms with Crippen molar-refractivity contribution >= 4 is 49.0 Å². The predicted octanol–water partition coefficient (Wildman–Crippen LogP) is 6.05. The van der Waals surface area contributed by atoms with Crippen molar-refractivity contribution < 1.29 is 4.57 Å². The van der Waals surface area contributed by atoms with Gasteiger partial charge in [-0.15, -0.1) is 0 Å². The summed E-state index contributed by atoms with van der Waals surface area (Å²) in [5.74, 6) is 0. The van der Waals surface area contributed by atoms with Crippen LogP contribution in [0.25, 0.3) is 49.0 Å². The molecule has 6 aromatic rings. The summed E-state index contributed by atoms with van der Waals surface area (Å²) in [6.45, 7) is 9.00. The lowest BCUT2D eigenvalue weighted by Gasteiger charge is -2.16. The first kappa shape index (κ1) is 15.9. The minimum atomic E-state index is 1.31. The molecule has 6 rings (SSSR count). The van der Waals surface area contributed by atoms with E-state index in [1.54, 1.807) is 0 Å². The van der Waals surface area contributed by atoms with Gasteiger partial charge in [0.05, 0.1) is 27.3 Å². The number of benzene rings is 3. The van der Waals surface area contributed by atoms with Crippen LogP contribution in [0.5, 0.6) is 0 Å². The molecule has 136 valence electrons. The number of hydrogen-bond donors (Lipinski definition) is 0. The van der Waals surface area contributed by atoms with Crippen molar-refractivity contribution in [3.63, 3.8) is 0 Å². The van der Waals surface area contributed by atoms with Gasteiger partial charge >= 0.3 is 0 Å². The standard InChI is InChI=1S/C26H23N2/c1-14-7-6-8-19-20-10-9-18-11-12-27(5)26-21-17(4)15(2)13-16(3)24(21)28(23(14)19)25(20)22(18)26/h6-13H,1-5H3/q+1. The summed E-state index contributed by atoms with van der Waals surface area (Å²) in [6, 6.07) is 15.9. The summed E-state index contributed by atoms with van der Waals surface area (Å²) in [5, 5.41) is 6.76. The van der Waals surface area contributed by atoms with Crippen LogP contribution < -0.4 is 4.57 Å². The molecule has 0 aliphatic carbocycles. The van der Waals surface area contributed by atoms with E-state index in [0.717, 1.165) is 0 Å². The Morgan fingerprint density at radius 3 is 2.32 bits per heavy atom. The van der Waals surface area contributed by atoms with E-state index in [9.17, 15) is 0 Å². The summed E-state index contributed by atoms with van der Waals surface area (Å²) in [7, 11) is 2.18. The van der Waals surface area contributed by atoms with Crippen LogP contribution in [0.4, 0.5) is 0 Å². The minimum Gasteiger partial charge on any atom is -0.307 e. The minimum absolute atomic E-state index is 1.31. The zero-order chi connectivity index (χ0) is 19.3. The smallest absolute Gasteiger partial charge is 0.224 e. The third-order valence-corrected chi connectivity index (χ3v) is 6.72. The highest BCUT2D eigenvalue weighted by Crippen LogP contribution is 2.42. The second-order valence-electron chi connectivity index (χ2n) is 8.37. The lowest BCUT2D eigenvalue weighted by molar-refractivity contribution is -0.643. The normalized spacial score (nSPS) is 12.5. The van der Waals surface area contributed by atoms with E-state index in [-0.39, 0.29) is 0 Å². The van der Waals surface area contributed by atoms with Crippen molar-refractivity contribution in [2.24, 2.45) is 7.05 Å². The molecule has 0 spiro atoms. The second kappa shape index (κ2) is 5.02. The van der Waals surface area contributed by atoms with Gasteiger partial charge in [-0.05, 0) is 55.3 Å². The number of hydrogen-bond acceptors (Lipinski definition) is 0. The van der Waals surface area contributed by atoms with Gasteiger partial charge in [-0.3, -0.25) is 0 Å². The molecule has 28 heavy (non-hydrogen) atoms. The highest BCUT2D eigenvalue weighted by atomic mass is 15.0. The maximum atomic E-state index is 2.55. The highest BCUT2D eigenvalue weighted by molar-refractivity contribution is 6.27. The zero-order valence-electron chi connectivity index (χ0n) is 17.0. The molecule has 0 amide bonds. The number of pyridine rings is 2. The number of fused-ring (bicyclic) bond motifs is 6. The van der Waals surface area contributed by atoms with Gasteiger partial charge in [0.25, 0.3) is 0 Å². The van der Waals surface area contributed by atoms with E-state index in [1.165, 1.54) is 71.3 Å². The molecule has 3 aromatic carbocycles. The Labute approximate surface area is 164 Å². The predicted molar refractivity (Wildman–Crippen MR) is 119 cm³/mol. The molecular weight excluding hydrogens is 340 g/mol. The number of aryl methyl sites for hydroxylation is 5. The molecule has 0 fully saturated rings. The first-order chi connectivity index (χ1) is 13.5. The van der Waals surface area contributed by atoms with Crippen LogP contribution >= 0.6 is 0 Å². The van der Waals surface area contributed by atoms with Crippen molar-refractivity contribution in [1.82, 2.24) is 4.40 Å². The van der Waals surface area contributed by atoms with Gasteiger partial charge < -0.3 is 4.40 Å². The average molecular weight is 363 g/mol. The van der Waals surface area contributed by atoms with Crippen LogP contribution in [0.2, 0.25) is 0 Å². The van der Waals surface area contributed by atoms with Crippen molar-refractivity contribution in [1.29, 1.82) is 0 Å². The van der Waals surface area contributed by atoms with Crippen molar-refractivity contribution in [2.45, 2.75) is 27.7 Å². The van der Waals surface area contributed by atoms with Crippen LogP contribution in [0.15, 0.2) is 48.7 Å². The molecule has 0 saturated carbocycles. The Kier molecular flexibility index (Phi) is 2.85. The third kappa shape index (κ3) is 1.67. The molecule has 0 aliphatic rings. The fraction of sp³-hybridized carbons (Fsp3) is 0.192. The molecule has 2 heteroatoms. The maximum absolute atomic E-state index is 2.55. The number of aromatic nitrogens is 2. The molecule has 3 heterocycles. The topological polar surface area (TPSA) is 8.29 Å². The summed E-state index contributed by atoms with van der Waals surface area (Å²) in [6.07, 6.45) is 2.20. The van der Waals surface area contributed by atoms with Crippen LogP contribution in [0.3, 0.4) is 0 Å². The van der Waals surface area contributed by atoms with Crippen LogP contribution in [-0.2, 0) is 7.05 Å². The van der Waals surface area contributed by atoms with E-state index in [1.807, 2.05) is 0 Å². The molecule has 0 radical (unpaired) electrons. The molecule has 0 aliphatic heterocycles. The van der Waals surface area contributed by atoms with E-state index >= 15 is 0 Å². The summed E-state index contributed by atoms with van der Waals surface area (Å²) in [5.41, 5.74) is 10.8. The lowest BCUT2D eigenvalue weighted by Crippen LogP contribution is -2.29. The van der Waals surface area contributed by atoms with E-state index in [0.29, 0.717) is 0 Å². The lowest BCUT2D eigenvalue weighted by atomic mass is 9.95. The van der Waals surface area contributed by atoms with E-state index < -0.39 is 0 Å². The fourth-order valence-corrected chi connectivity index (χ4v) is 5.35. The second-order valence-corrected chi connectivity index (χ2v) is 8.37. The summed E-state index contributed by atoms with van der Waals surface area (Å²) in [4.78, 5) is 0. The van der Waals surface area contributed by atoms with Gasteiger partial charge in [0.2, 0.25) is 5.52 Å². The van der Waals surface area contributed by atoms with Crippen LogP contribution in [-0.4, -0.2) is 4.40 Å². The average Bonchev–Trinajstić information content (AvgIpc) is 3.02. The van der Waals surface area contributed by atoms with Gasteiger partial charge in [0, 0.05) is 16.8 Å². The molecule has 0 atom stereocenters. The summed E-state index contributed by atoms with van der Waals surface area (Å²) < 4.78 is 4.85. The fourth-order valence-electron chi connectivity index (χ4n) is 5.35. The SMILES string of the molecule is Cc1cc(C)c2c(c1C)c1c3c(ccc4c5cccc(C)c5n2c43)cc[n+]1C. The van der Waals surface area contributed by atoms with Crippen LogP contribution in [0.1, 0.15) is 22.3 Å². The largest absolute Gasteiger partial charge is 0.307 e. The molecule has 3 aromatic heterocycles.